The molecule has 2 rings (SSSR count). The number of piperidine rings is 1. The summed E-state index contributed by atoms with van der Waals surface area (Å²) in [5.74, 6) is -0.0273. The molecule has 0 saturated carbocycles. The molecule has 1 aromatic carbocycles. The van der Waals surface area contributed by atoms with Gasteiger partial charge in [-0.1, -0.05) is 30.3 Å². The maximum absolute atomic E-state index is 12.3. The lowest BCUT2D eigenvalue weighted by atomic mass is 9.96. The van der Waals surface area contributed by atoms with E-state index in [4.69, 9.17) is 10.5 Å². The number of halogens is 2. The predicted molar refractivity (Wildman–Crippen MR) is 106 cm³/mol. The summed E-state index contributed by atoms with van der Waals surface area (Å²) in [5.41, 5.74) is 7.21. The highest BCUT2D eigenvalue weighted by atomic mass is 35.5. The molecule has 0 aromatic heterocycles. The van der Waals surface area contributed by atoms with Gasteiger partial charge in [0.2, 0.25) is 5.91 Å². The number of likely N-dealkylation sites (tertiary alicyclic amines) is 1. The van der Waals surface area contributed by atoms with Crippen LogP contribution in [0, 0.1) is 0 Å². The maximum atomic E-state index is 12.3. The number of hydrogen-bond donors (Lipinski definition) is 1. The first-order chi connectivity index (χ1) is 11.0. The van der Waals surface area contributed by atoms with Crippen LogP contribution in [-0.2, 0) is 16.1 Å². The summed E-state index contributed by atoms with van der Waals surface area (Å²) in [6, 6.07) is 10.7. The Morgan fingerprint density at radius 2 is 2.00 bits per heavy atom. The molecule has 1 fully saturated rings. The van der Waals surface area contributed by atoms with Crippen LogP contribution in [-0.4, -0.2) is 61.1 Å². The van der Waals surface area contributed by atoms with Crippen molar-refractivity contribution in [3.8, 4) is 0 Å². The smallest absolute Gasteiger partial charge is 0.241 e. The molecular weight excluding hydrogens is 361 g/mol. The Hall–Kier alpha value is -0.850. The van der Waals surface area contributed by atoms with Crippen molar-refractivity contribution >= 4 is 30.7 Å². The van der Waals surface area contributed by atoms with Crippen molar-refractivity contribution in [3.05, 3.63) is 35.9 Å². The fraction of sp³-hybridized carbons (Fsp3) is 0.611. The van der Waals surface area contributed by atoms with Gasteiger partial charge in [-0.15, -0.1) is 24.8 Å². The number of hydrogen-bond acceptors (Lipinski definition) is 4. The Balaban J connectivity index is 0.00000288. The number of carbonyl (C=O) groups excluding carboxylic acids is 1. The molecule has 1 amide bonds. The monoisotopic (exact) mass is 391 g/mol. The number of likely N-dealkylation sites (N-methyl/N-ethyl adjacent to an activating group) is 1. The minimum Gasteiger partial charge on any atom is -0.383 e. The van der Waals surface area contributed by atoms with Crippen molar-refractivity contribution in [1.29, 1.82) is 0 Å². The highest BCUT2D eigenvalue weighted by Gasteiger charge is 2.31. The number of benzene rings is 1. The standard InChI is InChI=1S/C18H29N3O2.2ClH/c1-14-11-16(20(2)18(22)17(19)13-23-3)9-10-21(14)12-15-7-5-4-6-8-15;;/h4-8,14,16-17H,9-13,19H2,1-3H3;2*1H. The fourth-order valence-corrected chi connectivity index (χ4v) is 3.29. The van der Waals surface area contributed by atoms with Crippen LogP contribution in [0.5, 0.6) is 0 Å². The van der Waals surface area contributed by atoms with Crippen LogP contribution in [0.15, 0.2) is 30.3 Å². The van der Waals surface area contributed by atoms with Crippen LogP contribution in [0.4, 0.5) is 0 Å². The third-order valence-electron chi connectivity index (χ3n) is 4.77. The van der Waals surface area contributed by atoms with Gasteiger partial charge in [0.05, 0.1) is 6.61 Å². The van der Waals surface area contributed by atoms with Gasteiger partial charge in [-0.25, -0.2) is 0 Å². The minimum absolute atomic E-state index is 0. The van der Waals surface area contributed by atoms with Gasteiger partial charge >= 0.3 is 0 Å². The van der Waals surface area contributed by atoms with E-state index in [1.807, 2.05) is 18.0 Å². The average molecular weight is 392 g/mol. The quantitative estimate of drug-likeness (QED) is 0.807. The molecule has 0 radical (unpaired) electrons. The number of carbonyl (C=O) groups is 1. The van der Waals surface area contributed by atoms with Gasteiger partial charge in [0.1, 0.15) is 6.04 Å². The Bertz CT molecular complexity index is 504. The zero-order valence-electron chi connectivity index (χ0n) is 15.3. The lowest BCUT2D eigenvalue weighted by Gasteiger charge is -2.41. The van der Waals surface area contributed by atoms with Crippen LogP contribution in [0.2, 0.25) is 0 Å². The largest absolute Gasteiger partial charge is 0.383 e. The Morgan fingerprint density at radius 1 is 1.36 bits per heavy atom. The summed E-state index contributed by atoms with van der Waals surface area (Å²) in [6.45, 7) is 4.47. The van der Waals surface area contributed by atoms with Gasteiger partial charge in [-0.05, 0) is 25.3 Å². The van der Waals surface area contributed by atoms with Crippen LogP contribution in [0.1, 0.15) is 25.3 Å². The lowest BCUT2D eigenvalue weighted by Crippen LogP contribution is -2.53. The second-order valence-electron chi connectivity index (χ2n) is 6.49. The number of methoxy groups -OCH3 is 1. The summed E-state index contributed by atoms with van der Waals surface area (Å²) < 4.78 is 4.99. The summed E-state index contributed by atoms with van der Waals surface area (Å²) in [6.07, 6.45) is 1.97. The maximum Gasteiger partial charge on any atom is 0.241 e. The molecule has 0 spiro atoms. The van der Waals surface area contributed by atoms with E-state index in [2.05, 4.69) is 36.1 Å². The number of nitrogens with two attached hydrogens (primary N) is 1. The van der Waals surface area contributed by atoms with E-state index in [9.17, 15) is 4.79 Å². The second-order valence-corrected chi connectivity index (χ2v) is 6.49. The van der Waals surface area contributed by atoms with E-state index >= 15 is 0 Å². The first kappa shape index (κ1) is 24.1. The molecule has 1 saturated heterocycles. The second kappa shape index (κ2) is 11.7. The number of nitrogens with zero attached hydrogens (tertiary/aromatic N) is 2. The summed E-state index contributed by atoms with van der Waals surface area (Å²) in [7, 11) is 3.43. The number of rotatable bonds is 6. The van der Waals surface area contributed by atoms with Crippen LogP contribution >= 0.6 is 24.8 Å². The molecule has 1 aromatic rings. The van der Waals surface area contributed by atoms with Gasteiger partial charge in [0.25, 0.3) is 0 Å². The van der Waals surface area contributed by atoms with E-state index < -0.39 is 6.04 Å². The highest BCUT2D eigenvalue weighted by Crippen LogP contribution is 2.23. The van der Waals surface area contributed by atoms with E-state index in [0.29, 0.717) is 6.04 Å². The van der Waals surface area contributed by atoms with Crippen molar-refractivity contribution < 1.29 is 9.53 Å². The van der Waals surface area contributed by atoms with E-state index in [1.165, 1.54) is 5.56 Å². The highest BCUT2D eigenvalue weighted by molar-refractivity contribution is 5.85. The van der Waals surface area contributed by atoms with E-state index in [1.54, 1.807) is 7.11 Å². The molecule has 1 heterocycles. The molecule has 1 aliphatic heterocycles. The molecule has 1 aliphatic rings. The zero-order chi connectivity index (χ0) is 16.8. The van der Waals surface area contributed by atoms with Crippen LogP contribution in [0.3, 0.4) is 0 Å². The minimum atomic E-state index is -0.567. The van der Waals surface area contributed by atoms with E-state index in [0.717, 1.165) is 25.9 Å². The Labute approximate surface area is 163 Å². The molecule has 144 valence electrons. The van der Waals surface area contributed by atoms with Gasteiger partial charge < -0.3 is 15.4 Å². The third kappa shape index (κ3) is 6.76. The van der Waals surface area contributed by atoms with Gasteiger partial charge in [0.15, 0.2) is 0 Å². The van der Waals surface area contributed by atoms with Gasteiger partial charge in [-0.3, -0.25) is 9.69 Å². The molecule has 0 aliphatic carbocycles. The van der Waals surface area contributed by atoms with Gasteiger partial charge in [0, 0.05) is 39.3 Å². The normalized spacial score (nSPS) is 21.6. The average Bonchev–Trinajstić information content (AvgIpc) is 2.56. The zero-order valence-corrected chi connectivity index (χ0v) is 16.9. The van der Waals surface area contributed by atoms with E-state index in [-0.39, 0.29) is 43.4 Å². The molecule has 25 heavy (non-hydrogen) atoms. The lowest BCUT2D eigenvalue weighted by molar-refractivity contribution is -0.135. The fourth-order valence-electron chi connectivity index (χ4n) is 3.29. The molecular formula is C18H31Cl2N3O2. The van der Waals surface area contributed by atoms with Crippen LogP contribution in [0.25, 0.3) is 0 Å². The van der Waals surface area contributed by atoms with Gasteiger partial charge in [-0.2, -0.15) is 0 Å². The number of amides is 1. The number of ether oxygens (including phenoxy) is 1. The van der Waals surface area contributed by atoms with Crippen molar-refractivity contribution in [1.82, 2.24) is 9.80 Å². The molecule has 7 heteroatoms. The Morgan fingerprint density at radius 3 is 2.56 bits per heavy atom. The summed E-state index contributed by atoms with van der Waals surface area (Å²) >= 11 is 0. The van der Waals surface area contributed by atoms with Crippen molar-refractivity contribution in [2.24, 2.45) is 5.73 Å². The summed E-state index contributed by atoms with van der Waals surface area (Å²) in [4.78, 5) is 16.6. The Kier molecular flexibility index (Phi) is 11.3. The molecule has 3 atom stereocenters. The first-order valence-electron chi connectivity index (χ1n) is 8.32. The molecule has 3 unspecified atom stereocenters. The van der Waals surface area contributed by atoms with Crippen LogP contribution < -0.4 is 5.73 Å². The SMILES string of the molecule is COCC(N)C(=O)N(C)C1CCN(Cc2ccccc2)C(C)C1.Cl.Cl. The van der Waals surface area contributed by atoms with Crippen molar-refractivity contribution in [2.75, 3.05) is 27.3 Å². The predicted octanol–water partition coefficient (Wildman–Crippen LogP) is 2.32. The first-order valence-corrected chi connectivity index (χ1v) is 8.32. The molecule has 0 bridgehead atoms. The summed E-state index contributed by atoms with van der Waals surface area (Å²) in [5, 5.41) is 0. The molecule has 5 nitrogen and oxygen atoms in total. The topological polar surface area (TPSA) is 58.8 Å². The molecule has 2 N–H and O–H groups in total. The van der Waals surface area contributed by atoms with Crippen molar-refractivity contribution in [3.63, 3.8) is 0 Å². The van der Waals surface area contributed by atoms with Crippen molar-refractivity contribution in [2.45, 2.75) is 44.4 Å². The third-order valence-corrected chi connectivity index (χ3v) is 4.77.